The molecule has 0 radical (unpaired) electrons. The van der Waals surface area contributed by atoms with Gasteiger partial charge in [0, 0.05) is 16.5 Å². The molecule has 2 aliphatic rings. The molecule has 31 heavy (non-hydrogen) atoms. The Morgan fingerprint density at radius 2 is 1.90 bits per heavy atom. The largest absolute Gasteiger partial charge is 0.350 e. The zero-order chi connectivity index (χ0) is 21.6. The number of H-pyrrole nitrogens is 1. The maximum absolute atomic E-state index is 14.0. The average molecular weight is 438 g/mol. The van der Waals surface area contributed by atoms with Gasteiger partial charge in [0.25, 0.3) is 11.8 Å². The van der Waals surface area contributed by atoms with Gasteiger partial charge in [-0.2, -0.15) is 0 Å². The number of thioether (sulfide) groups is 1. The van der Waals surface area contributed by atoms with Crippen molar-refractivity contribution in [2.24, 2.45) is 0 Å². The van der Waals surface area contributed by atoms with Crippen molar-refractivity contribution in [2.45, 2.75) is 49.1 Å². The van der Waals surface area contributed by atoms with E-state index in [0.717, 1.165) is 37.7 Å². The molecule has 5 rings (SSSR count). The van der Waals surface area contributed by atoms with Gasteiger partial charge in [-0.1, -0.05) is 49.6 Å². The molecule has 2 N–H and O–H groups in total. The fourth-order valence-electron chi connectivity index (χ4n) is 4.81. The van der Waals surface area contributed by atoms with Crippen molar-refractivity contribution in [1.29, 1.82) is 0 Å². The first kappa shape index (κ1) is 20.1. The molecular weight excluding hydrogens is 413 g/mol. The number of aromatic amines is 1. The lowest BCUT2D eigenvalue weighted by molar-refractivity contribution is -0.135. The molecule has 7 heteroatoms. The zero-order valence-electron chi connectivity index (χ0n) is 17.3. The molecule has 160 valence electrons. The number of aromatic nitrogens is 1. The number of carbonyl (C=O) groups is 2. The Balaban J connectivity index is 1.56. The highest BCUT2D eigenvalue weighted by molar-refractivity contribution is 8.02. The number of hydrogen-bond donors (Lipinski definition) is 2. The minimum Gasteiger partial charge on any atom is -0.350 e. The summed E-state index contributed by atoms with van der Waals surface area (Å²) in [4.78, 5) is 29.2. The number of halogens is 1. The topological polar surface area (TPSA) is 65.2 Å². The highest BCUT2D eigenvalue weighted by atomic mass is 32.2. The van der Waals surface area contributed by atoms with Crippen LogP contribution in [0.3, 0.4) is 0 Å². The Morgan fingerprint density at radius 3 is 2.65 bits per heavy atom. The predicted molar refractivity (Wildman–Crippen MR) is 121 cm³/mol. The standard InChI is InChI=1S/C24H24FN3O2S/c1-15-23(30)28(24(31-15)12-6-3-7-13-24)27-22(29)21-20(16-8-4-2-5-9-16)18-14-17(25)10-11-19(18)26-21/h2,4-5,8-11,14-15,26H,3,6-7,12-13H2,1H3,(H,27,29)/t15-/m0/s1. The van der Waals surface area contributed by atoms with Crippen molar-refractivity contribution < 1.29 is 14.0 Å². The van der Waals surface area contributed by atoms with Crippen molar-refractivity contribution in [3.63, 3.8) is 0 Å². The summed E-state index contributed by atoms with van der Waals surface area (Å²) in [5.74, 6) is -0.816. The fourth-order valence-corrected chi connectivity index (χ4v) is 6.44. The molecule has 2 aromatic carbocycles. The van der Waals surface area contributed by atoms with Gasteiger partial charge in [-0.05, 0) is 43.5 Å². The van der Waals surface area contributed by atoms with Gasteiger partial charge >= 0.3 is 0 Å². The maximum Gasteiger partial charge on any atom is 0.286 e. The van der Waals surface area contributed by atoms with Crippen molar-refractivity contribution in [3.8, 4) is 11.1 Å². The van der Waals surface area contributed by atoms with Gasteiger partial charge in [0.15, 0.2) is 0 Å². The molecule has 3 aromatic rings. The number of hydrazine groups is 1. The molecule has 1 saturated carbocycles. The number of amides is 2. The number of benzene rings is 2. The SMILES string of the molecule is C[C@@H]1SC2(CCCCC2)N(NC(=O)c2[nH]c3ccc(F)cc3c2-c2ccccc2)C1=O. The van der Waals surface area contributed by atoms with Crippen molar-refractivity contribution in [1.82, 2.24) is 15.4 Å². The minimum atomic E-state index is -0.386. The van der Waals surface area contributed by atoms with Crippen LogP contribution < -0.4 is 5.43 Å². The van der Waals surface area contributed by atoms with Crippen LogP contribution in [0.2, 0.25) is 0 Å². The maximum atomic E-state index is 14.0. The Hall–Kier alpha value is -2.80. The summed E-state index contributed by atoms with van der Waals surface area (Å²) >= 11 is 1.65. The number of fused-ring (bicyclic) bond motifs is 1. The van der Waals surface area contributed by atoms with E-state index in [-0.39, 0.29) is 27.8 Å². The highest BCUT2D eigenvalue weighted by Gasteiger charge is 2.51. The average Bonchev–Trinajstić information content (AvgIpc) is 3.25. The lowest BCUT2D eigenvalue weighted by Crippen LogP contribution is -2.55. The first-order chi connectivity index (χ1) is 15.0. The van der Waals surface area contributed by atoms with E-state index in [2.05, 4.69) is 10.4 Å². The second-order valence-electron chi connectivity index (χ2n) is 8.31. The molecule has 1 aliphatic carbocycles. The Labute approximate surface area is 184 Å². The summed E-state index contributed by atoms with van der Waals surface area (Å²) in [6.07, 6.45) is 4.98. The van der Waals surface area contributed by atoms with Gasteiger partial charge in [-0.15, -0.1) is 11.8 Å². The van der Waals surface area contributed by atoms with Crippen molar-refractivity contribution >= 4 is 34.5 Å². The molecule has 1 aliphatic heterocycles. The van der Waals surface area contributed by atoms with Crippen LogP contribution in [0.1, 0.15) is 49.5 Å². The third-order valence-electron chi connectivity index (χ3n) is 6.27. The van der Waals surface area contributed by atoms with Crippen LogP contribution in [0.4, 0.5) is 4.39 Å². The van der Waals surface area contributed by atoms with Crippen LogP contribution in [0.15, 0.2) is 48.5 Å². The second kappa shape index (κ2) is 7.71. The number of nitrogens with zero attached hydrogens (tertiary/aromatic N) is 1. The molecular formula is C24H24FN3O2S. The van der Waals surface area contributed by atoms with E-state index in [1.807, 2.05) is 37.3 Å². The van der Waals surface area contributed by atoms with Crippen LogP contribution in [-0.2, 0) is 4.79 Å². The summed E-state index contributed by atoms with van der Waals surface area (Å²) in [5, 5.41) is 2.02. The number of rotatable bonds is 3. The third kappa shape index (κ3) is 3.41. The summed E-state index contributed by atoms with van der Waals surface area (Å²) in [6, 6.07) is 13.9. The Kier molecular flexibility index (Phi) is 5.01. The zero-order valence-corrected chi connectivity index (χ0v) is 18.1. The van der Waals surface area contributed by atoms with Crippen LogP contribution in [0.25, 0.3) is 22.0 Å². The first-order valence-electron chi connectivity index (χ1n) is 10.7. The van der Waals surface area contributed by atoms with E-state index in [1.165, 1.54) is 12.1 Å². The molecule has 2 fully saturated rings. The second-order valence-corrected chi connectivity index (χ2v) is 10.0. The van der Waals surface area contributed by atoms with Gasteiger partial charge in [0.2, 0.25) is 0 Å². The summed E-state index contributed by atoms with van der Waals surface area (Å²) < 4.78 is 14.0. The van der Waals surface area contributed by atoms with E-state index in [0.29, 0.717) is 22.2 Å². The van der Waals surface area contributed by atoms with Gasteiger partial charge in [-0.3, -0.25) is 15.0 Å². The van der Waals surface area contributed by atoms with Crippen LogP contribution in [-0.4, -0.2) is 31.9 Å². The molecule has 2 heterocycles. The Bertz CT molecular complexity index is 1150. The molecule has 1 saturated heterocycles. The van der Waals surface area contributed by atoms with Crippen molar-refractivity contribution in [2.75, 3.05) is 0 Å². The summed E-state index contributed by atoms with van der Waals surface area (Å²) in [7, 11) is 0. The fraction of sp³-hybridized carbons (Fsp3) is 0.333. The van der Waals surface area contributed by atoms with E-state index in [9.17, 15) is 14.0 Å². The molecule has 0 unspecified atom stereocenters. The molecule has 0 bridgehead atoms. The third-order valence-corrected chi connectivity index (χ3v) is 7.85. The molecule has 5 nitrogen and oxygen atoms in total. The van der Waals surface area contributed by atoms with Gasteiger partial charge < -0.3 is 4.98 Å². The Morgan fingerprint density at radius 1 is 1.16 bits per heavy atom. The number of carbonyl (C=O) groups excluding carboxylic acids is 2. The van der Waals surface area contributed by atoms with Crippen LogP contribution in [0, 0.1) is 5.82 Å². The molecule has 1 aromatic heterocycles. The lowest BCUT2D eigenvalue weighted by atomic mass is 9.94. The van der Waals surface area contributed by atoms with Gasteiger partial charge in [-0.25, -0.2) is 9.40 Å². The van der Waals surface area contributed by atoms with Crippen molar-refractivity contribution in [3.05, 3.63) is 60.0 Å². The number of hydrogen-bond acceptors (Lipinski definition) is 3. The van der Waals surface area contributed by atoms with Crippen LogP contribution >= 0.6 is 11.8 Å². The summed E-state index contributed by atoms with van der Waals surface area (Å²) in [5.41, 5.74) is 5.37. The van der Waals surface area contributed by atoms with Gasteiger partial charge in [0.05, 0.1) is 5.25 Å². The van der Waals surface area contributed by atoms with E-state index in [1.54, 1.807) is 22.8 Å². The number of nitrogens with one attached hydrogen (secondary N) is 2. The van der Waals surface area contributed by atoms with Crippen LogP contribution in [0.5, 0.6) is 0 Å². The quantitative estimate of drug-likeness (QED) is 0.589. The predicted octanol–water partition coefficient (Wildman–Crippen LogP) is 5.24. The minimum absolute atomic E-state index is 0.0660. The first-order valence-corrected chi connectivity index (χ1v) is 11.6. The van der Waals surface area contributed by atoms with Gasteiger partial charge in [0.1, 0.15) is 16.4 Å². The van der Waals surface area contributed by atoms with E-state index >= 15 is 0 Å². The molecule has 2 amide bonds. The summed E-state index contributed by atoms with van der Waals surface area (Å²) in [6.45, 7) is 1.90. The van der Waals surface area contributed by atoms with E-state index < -0.39 is 0 Å². The normalized spacial score (nSPS) is 20.5. The monoisotopic (exact) mass is 437 g/mol. The highest BCUT2D eigenvalue weighted by Crippen LogP contribution is 2.49. The van der Waals surface area contributed by atoms with E-state index in [4.69, 9.17) is 0 Å². The lowest BCUT2D eigenvalue weighted by Gasteiger charge is -2.39. The molecule has 1 atom stereocenters. The smallest absolute Gasteiger partial charge is 0.286 e. The molecule has 1 spiro atoms.